The molecule has 0 saturated heterocycles. The van der Waals surface area contributed by atoms with Crippen LogP contribution >= 0.6 is 56.8 Å². The summed E-state index contributed by atoms with van der Waals surface area (Å²) in [5.74, 6) is 2.42. The van der Waals surface area contributed by atoms with Gasteiger partial charge in [0.2, 0.25) is 0 Å². The quantitative estimate of drug-likeness (QED) is 0.202. The van der Waals surface area contributed by atoms with Crippen LogP contribution in [-0.4, -0.2) is 50.4 Å². The van der Waals surface area contributed by atoms with E-state index in [0.29, 0.717) is 33.5 Å². The molecule has 0 unspecified atom stereocenters. The second-order valence-corrected chi connectivity index (χ2v) is 11.5. The summed E-state index contributed by atoms with van der Waals surface area (Å²) in [5.41, 5.74) is 2.70. The lowest BCUT2D eigenvalue weighted by Crippen LogP contribution is -2.25. The minimum atomic E-state index is -0.788. The van der Waals surface area contributed by atoms with Gasteiger partial charge in [0.1, 0.15) is 27.9 Å². The van der Waals surface area contributed by atoms with Crippen LogP contribution in [0, 0.1) is 13.2 Å². The summed E-state index contributed by atoms with van der Waals surface area (Å²) >= 11 is 10.2. The molecule has 3 aromatic rings. The maximum absolute atomic E-state index is 10.3. The number of alkyl halides is 1. The molecular weight excluding hydrogens is 692 g/mol. The first-order chi connectivity index (χ1) is 16.6. The van der Waals surface area contributed by atoms with Crippen molar-refractivity contribution in [1.29, 1.82) is 0 Å². The van der Waals surface area contributed by atoms with Crippen molar-refractivity contribution in [2.24, 2.45) is 5.92 Å². The van der Waals surface area contributed by atoms with Crippen molar-refractivity contribution in [1.82, 2.24) is 15.0 Å². The maximum Gasteiger partial charge on any atom is 0.149 e. The largest absolute Gasteiger partial charge is 0.492 e. The Bertz CT molecular complexity index is 1110. The summed E-state index contributed by atoms with van der Waals surface area (Å²) in [6, 6.07) is 14.2. The Balaban J connectivity index is 1.61. The Morgan fingerprint density at radius 3 is 2.43 bits per heavy atom. The maximum atomic E-state index is 10.3. The summed E-state index contributed by atoms with van der Waals surface area (Å²) in [7, 11) is 0. The van der Waals surface area contributed by atoms with Crippen LogP contribution in [0.2, 0.25) is 0 Å². The second-order valence-electron chi connectivity index (χ2n) is 9.00. The molecule has 35 heavy (non-hydrogen) atoms. The molecule has 0 saturated carbocycles. The highest BCUT2D eigenvalue weighted by Gasteiger charge is 2.24. The lowest BCUT2D eigenvalue weighted by Gasteiger charge is -2.27. The van der Waals surface area contributed by atoms with Crippen molar-refractivity contribution in [2.45, 2.75) is 45.4 Å². The van der Waals surface area contributed by atoms with Crippen molar-refractivity contribution < 1.29 is 19.7 Å². The van der Waals surface area contributed by atoms with Gasteiger partial charge < -0.3 is 19.7 Å². The number of aromatic nitrogens is 3. The van der Waals surface area contributed by atoms with Gasteiger partial charge in [0.25, 0.3) is 0 Å². The number of rotatable bonds is 12. The summed E-state index contributed by atoms with van der Waals surface area (Å²) in [5, 5.41) is 27.7. The monoisotopic (exact) mass is 721 g/mol. The fraction of sp³-hybridized carbons (Fsp3) is 0.440. The lowest BCUT2D eigenvalue weighted by molar-refractivity contribution is 0.0866. The van der Waals surface area contributed by atoms with Gasteiger partial charge in [-0.15, -0.1) is 16.7 Å². The Hall–Kier alpha value is -1.15. The SMILES string of the molecule is C[C@H](CCl)COc1ccc(C(C)(C)c2ccc(OC[C@H](O)Cn3nnc([123I])c3CO)cc2)cc1I. The Morgan fingerprint density at radius 1 is 1.11 bits per heavy atom. The van der Waals surface area contributed by atoms with Gasteiger partial charge in [0.15, 0.2) is 0 Å². The minimum Gasteiger partial charge on any atom is -0.492 e. The molecule has 0 bridgehead atoms. The van der Waals surface area contributed by atoms with Gasteiger partial charge in [0, 0.05) is 17.2 Å². The topological polar surface area (TPSA) is 89.6 Å². The van der Waals surface area contributed by atoms with Crippen molar-refractivity contribution in [3.8, 4) is 11.5 Å². The molecule has 0 spiro atoms. The average Bonchev–Trinajstić information content (AvgIpc) is 3.20. The van der Waals surface area contributed by atoms with Gasteiger partial charge in [-0.3, -0.25) is 0 Å². The summed E-state index contributed by atoms with van der Waals surface area (Å²) in [4.78, 5) is 0. The van der Waals surface area contributed by atoms with E-state index in [2.05, 4.69) is 65.8 Å². The third-order valence-electron chi connectivity index (χ3n) is 5.78. The fourth-order valence-electron chi connectivity index (χ4n) is 3.47. The number of aliphatic hydroxyl groups excluding tert-OH is 2. The highest BCUT2D eigenvalue weighted by Crippen LogP contribution is 2.35. The van der Waals surface area contributed by atoms with Crippen molar-refractivity contribution in [2.75, 3.05) is 19.1 Å². The fourth-order valence-corrected chi connectivity index (χ4v) is 4.77. The zero-order valence-electron chi connectivity index (χ0n) is 19.9. The molecule has 1 heterocycles. The molecule has 0 radical (unpaired) electrons. The molecule has 3 rings (SSSR count). The molecule has 2 N–H and O–H groups in total. The van der Waals surface area contributed by atoms with Crippen LogP contribution in [0.4, 0.5) is 0 Å². The van der Waals surface area contributed by atoms with Crippen LogP contribution in [0.3, 0.4) is 0 Å². The molecule has 2 aromatic carbocycles. The van der Waals surface area contributed by atoms with Gasteiger partial charge in [0.05, 0.1) is 29.0 Å². The van der Waals surface area contributed by atoms with Gasteiger partial charge in [-0.25, -0.2) is 4.68 Å². The zero-order chi connectivity index (χ0) is 25.6. The average molecular weight is 722 g/mol. The van der Waals surface area contributed by atoms with Crippen molar-refractivity contribution in [3.63, 3.8) is 0 Å². The standard InChI is InChI=1S/C25H30ClI2N3O4/c1-16(11-26)14-35-23-9-6-18(10-21(23)27)25(2,3)17-4-7-20(8-5-17)34-15-19(33)12-31-22(13-32)24(28)29-30-31/h4-10,16,19,32-33H,11-15H2,1-3H3/t16-,19-/m1/s1/i28-4. The predicted molar refractivity (Wildman–Crippen MR) is 153 cm³/mol. The number of benzene rings is 2. The van der Waals surface area contributed by atoms with Crippen molar-refractivity contribution in [3.05, 3.63) is 66.6 Å². The number of aliphatic hydroxyl groups is 2. The Kier molecular flexibility index (Phi) is 10.5. The molecule has 0 amide bonds. The Labute approximate surface area is 238 Å². The van der Waals surface area contributed by atoms with E-state index in [1.165, 1.54) is 10.2 Å². The van der Waals surface area contributed by atoms with E-state index in [1.54, 1.807) is 0 Å². The van der Waals surface area contributed by atoms with Crippen LogP contribution in [0.25, 0.3) is 0 Å². The molecule has 0 aliphatic rings. The van der Waals surface area contributed by atoms with E-state index < -0.39 is 6.10 Å². The third-order valence-corrected chi connectivity index (χ3v) is 7.99. The van der Waals surface area contributed by atoms with E-state index in [9.17, 15) is 10.2 Å². The number of hydrogen-bond donors (Lipinski definition) is 2. The molecule has 0 aliphatic carbocycles. The Morgan fingerprint density at radius 2 is 1.80 bits per heavy atom. The highest BCUT2D eigenvalue weighted by atomic mass is 127. The number of halogens is 3. The first-order valence-electron chi connectivity index (χ1n) is 11.2. The van der Waals surface area contributed by atoms with Crippen LogP contribution in [-0.2, 0) is 18.6 Å². The third kappa shape index (κ3) is 7.43. The molecule has 7 nitrogen and oxygen atoms in total. The summed E-state index contributed by atoms with van der Waals surface area (Å²) in [6.45, 7) is 7.15. The molecule has 1 aromatic heterocycles. The number of nitrogens with zero attached hydrogens (tertiary/aromatic N) is 3. The first-order valence-corrected chi connectivity index (χ1v) is 13.9. The van der Waals surface area contributed by atoms with E-state index >= 15 is 0 Å². The van der Waals surface area contributed by atoms with Crippen LogP contribution in [0.15, 0.2) is 42.5 Å². The molecule has 190 valence electrons. The van der Waals surface area contributed by atoms with E-state index in [1.807, 2.05) is 52.9 Å². The predicted octanol–water partition coefficient (Wildman–Crippen LogP) is 5.00. The smallest absolute Gasteiger partial charge is 0.149 e. The second kappa shape index (κ2) is 12.9. The number of hydrogen-bond acceptors (Lipinski definition) is 6. The first kappa shape index (κ1) is 28.4. The summed E-state index contributed by atoms with van der Waals surface area (Å²) in [6.07, 6.45) is -0.788. The number of ether oxygens (including phenoxy) is 2. The van der Waals surface area contributed by atoms with E-state index in [4.69, 9.17) is 21.1 Å². The van der Waals surface area contributed by atoms with Gasteiger partial charge in [-0.05, 0) is 80.6 Å². The van der Waals surface area contributed by atoms with Crippen LogP contribution in [0.1, 0.15) is 37.6 Å². The zero-order valence-corrected chi connectivity index (χ0v) is 25.0. The van der Waals surface area contributed by atoms with E-state index in [0.717, 1.165) is 14.9 Å². The molecule has 0 fully saturated rings. The molecule has 2 atom stereocenters. The minimum absolute atomic E-state index is 0.103. The van der Waals surface area contributed by atoms with Gasteiger partial charge >= 0.3 is 0 Å². The van der Waals surface area contributed by atoms with Gasteiger partial charge in [-0.2, -0.15) is 0 Å². The van der Waals surface area contributed by atoms with Crippen molar-refractivity contribution >= 4 is 56.8 Å². The normalized spacial score (nSPS) is 13.5. The van der Waals surface area contributed by atoms with Gasteiger partial charge in [-0.1, -0.05) is 44.2 Å². The highest BCUT2D eigenvalue weighted by molar-refractivity contribution is 14.1. The molecular formula is C25H30ClI2N3O4. The lowest BCUT2D eigenvalue weighted by atomic mass is 9.78. The molecule has 0 aliphatic heterocycles. The van der Waals surface area contributed by atoms with E-state index in [-0.39, 0.29) is 25.2 Å². The van der Waals surface area contributed by atoms with Crippen LogP contribution < -0.4 is 9.47 Å². The molecule has 10 heteroatoms. The summed E-state index contributed by atoms with van der Waals surface area (Å²) < 4.78 is 14.9. The van der Waals surface area contributed by atoms with Crippen LogP contribution in [0.5, 0.6) is 11.5 Å².